The highest BCUT2D eigenvalue weighted by molar-refractivity contribution is 5.97. The van der Waals surface area contributed by atoms with Gasteiger partial charge in [-0.3, -0.25) is 4.79 Å². The molecule has 1 fully saturated rings. The highest BCUT2D eigenvalue weighted by atomic mass is 16.4. The van der Waals surface area contributed by atoms with Gasteiger partial charge < -0.3 is 9.67 Å². The van der Waals surface area contributed by atoms with E-state index in [1.807, 2.05) is 0 Å². The molecule has 0 spiro atoms. The first-order valence-electron chi connectivity index (χ1n) is 6.02. The van der Waals surface area contributed by atoms with Crippen LogP contribution in [0, 0.1) is 5.92 Å². The van der Waals surface area contributed by atoms with Crippen LogP contribution < -0.4 is 0 Å². The van der Waals surface area contributed by atoms with Crippen LogP contribution in [0.4, 0.5) is 0 Å². The zero-order chi connectivity index (χ0) is 12.4. The second-order valence-corrected chi connectivity index (χ2v) is 4.75. The number of carbonyl (C=O) groups excluding carboxylic acids is 1. The van der Waals surface area contributed by atoms with Crippen molar-refractivity contribution in [3.63, 3.8) is 0 Å². The fourth-order valence-electron chi connectivity index (χ4n) is 2.02. The third-order valence-electron chi connectivity index (χ3n) is 3.23. The number of nitrogens with zero attached hydrogens (tertiary/aromatic N) is 1. The molecule has 2 rings (SSSR count). The van der Waals surface area contributed by atoms with Crippen LogP contribution in [0.2, 0.25) is 0 Å². The Labute approximate surface area is 100 Å². The Hall–Kier alpha value is -1.58. The third-order valence-corrected chi connectivity index (χ3v) is 3.23. The second kappa shape index (κ2) is 4.73. The maximum Gasteiger partial charge on any atom is 0.352 e. The van der Waals surface area contributed by atoms with Gasteiger partial charge in [-0.25, -0.2) is 4.79 Å². The minimum atomic E-state index is -0.969. The van der Waals surface area contributed by atoms with Gasteiger partial charge in [-0.05, 0) is 31.7 Å². The quantitative estimate of drug-likeness (QED) is 0.771. The van der Waals surface area contributed by atoms with Crippen LogP contribution in [0.1, 0.15) is 53.5 Å². The van der Waals surface area contributed by atoms with Crippen LogP contribution in [0.25, 0.3) is 0 Å². The SMILES string of the molecule is CC(=O)c1cc(C(=O)O)n(CCCC2CC2)c1. The van der Waals surface area contributed by atoms with Gasteiger partial charge in [-0.1, -0.05) is 12.8 Å². The molecule has 0 bridgehead atoms. The molecule has 4 heteroatoms. The minimum Gasteiger partial charge on any atom is -0.477 e. The van der Waals surface area contributed by atoms with Crippen molar-refractivity contribution in [1.82, 2.24) is 4.57 Å². The van der Waals surface area contributed by atoms with E-state index in [9.17, 15) is 9.59 Å². The van der Waals surface area contributed by atoms with E-state index in [0.717, 1.165) is 18.8 Å². The number of Topliss-reactive ketones (excluding diaryl/α,β-unsaturated/α-hetero) is 1. The van der Waals surface area contributed by atoms with E-state index in [1.54, 1.807) is 10.8 Å². The van der Waals surface area contributed by atoms with Gasteiger partial charge in [0.1, 0.15) is 5.69 Å². The van der Waals surface area contributed by atoms with Crippen molar-refractivity contribution in [2.75, 3.05) is 0 Å². The van der Waals surface area contributed by atoms with Gasteiger partial charge in [0, 0.05) is 18.3 Å². The number of ketones is 1. The van der Waals surface area contributed by atoms with E-state index in [1.165, 1.54) is 25.8 Å². The summed E-state index contributed by atoms with van der Waals surface area (Å²) in [5.41, 5.74) is 0.694. The maximum atomic E-state index is 11.2. The third kappa shape index (κ3) is 2.96. The minimum absolute atomic E-state index is 0.0894. The summed E-state index contributed by atoms with van der Waals surface area (Å²) in [6, 6.07) is 1.46. The number of rotatable bonds is 6. The lowest BCUT2D eigenvalue weighted by Crippen LogP contribution is -2.07. The van der Waals surface area contributed by atoms with Gasteiger partial charge >= 0.3 is 5.97 Å². The molecule has 1 N–H and O–H groups in total. The van der Waals surface area contributed by atoms with Crippen molar-refractivity contribution in [1.29, 1.82) is 0 Å². The molecule has 92 valence electrons. The number of carboxylic acid groups (broad SMARTS) is 1. The second-order valence-electron chi connectivity index (χ2n) is 4.75. The largest absolute Gasteiger partial charge is 0.477 e. The molecule has 1 aromatic heterocycles. The Kier molecular flexibility index (Phi) is 3.31. The zero-order valence-corrected chi connectivity index (χ0v) is 9.98. The van der Waals surface area contributed by atoms with Gasteiger partial charge in [0.05, 0.1) is 0 Å². The lowest BCUT2D eigenvalue weighted by atomic mass is 10.2. The molecule has 0 aliphatic heterocycles. The summed E-state index contributed by atoms with van der Waals surface area (Å²) in [6.07, 6.45) is 6.43. The van der Waals surface area contributed by atoms with Crippen molar-refractivity contribution in [3.05, 3.63) is 23.5 Å². The predicted molar refractivity (Wildman–Crippen MR) is 63.4 cm³/mol. The van der Waals surface area contributed by atoms with Crippen LogP contribution in [-0.4, -0.2) is 21.4 Å². The Balaban J connectivity index is 2.06. The average Bonchev–Trinajstić information content (AvgIpc) is 2.95. The molecule has 1 heterocycles. The van der Waals surface area contributed by atoms with Gasteiger partial charge in [0.25, 0.3) is 0 Å². The van der Waals surface area contributed by atoms with Gasteiger partial charge in [-0.2, -0.15) is 0 Å². The van der Waals surface area contributed by atoms with Crippen LogP contribution in [0.3, 0.4) is 0 Å². The topological polar surface area (TPSA) is 59.3 Å². The van der Waals surface area contributed by atoms with Gasteiger partial charge in [-0.15, -0.1) is 0 Å². The number of aromatic carboxylic acids is 1. The van der Waals surface area contributed by atoms with Crippen LogP contribution in [0.5, 0.6) is 0 Å². The Morgan fingerprint density at radius 2 is 2.18 bits per heavy atom. The number of hydrogen-bond donors (Lipinski definition) is 1. The molecule has 1 aliphatic rings. The lowest BCUT2D eigenvalue weighted by Gasteiger charge is -2.05. The van der Waals surface area contributed by atoms with Crippen molar-refractivity contribution in [3.8, 4) is 0 Å². The predicted octanol–water partition coefficient (Wildman–Crippen LogP) is 2.58. The van der Waals surface area contributed by atoms with Gasteiger partial charge in [0.2, 0.25) is 0 Å². The van der Waals surface area contributed by atoms with Crippen molar-refractivity contribution in [2.24, 2.45) is 5.92 Å². The molecular weight excluding hydrogens is 218 g/mol. The lowest BCUT2D eigenvalue weighted by molar-refractivity contribution is 0.0684. The highest BCUT2D eigenvalue weighted by Gasteiger charge is 2.21. The van der Waals surface area contributed by atoms with Crippen LogP contribution in [0.15, 0.2) is 12.3 Å². The van der Waals surface area contributed by atoms with Crippen molar-refractivity contribution >= 4 is 11.8 Å². The molecule has 0 saturated heterocycles. The fraction of sp³-hybridized carbons (Fsp3) is 0.538. The van der Waals surface area contributed by atoms with E-state index >= 15 is 0 Å². The number of carboxylic acids is 1. The van der Waals surface area contributed by atoms with E-state index in [2.05, 4.69) is 0 Å². The van der Waals surface area contributed by atoms with E-state index in [-0.39, 0.29) is 11.5 Å². The number of aryl methyl sites for hydroxylation is 1. The van der Waals surface area contributed by atoms with Crippen molar-refractivity contribution in [2.45, 2.75) is 39.2 Å². The smallest absolute Gasteiger partial charge is 0.352 e. The summed E-state index contributed by atoms with van der Waals surface area (Å²) in [4.78, 5) is 22.3. The summed E-state index contributed by atoms with van der Waals surface area (Å²) in [7, 11) is 0. The monoisotopic (exact) mass is 235 g/mol. The summed E-state index contributed by atoms with van der Waals surface area (Å²) >= 11 is 0. The normalized spacial score (nSPS) is 14.9. The first kappa shape index (κ1) is 11.9. The van der Waals surface area contributed by atoms with Crippen LogP contribution >= 0.6 is 0 Å². The molecule has 0 amide bonds. The molecule has 0 unspecified atom stereocenters. The summed E-state index contributed by atoms with van der Waals surface area (Å²) in [5, 5.41) is 9.05. The fourth-order valence-corrected chi connectivity index (χ4v) is 2.02. The summed E-state index contributed by atoms with van der Waals surface area (Å²) < 4.78 is 1.68. The van der Waals surface area contributed by atoms with E-state index < -0.39 is 5.97 Å². The molecule has 17 heavy (non-hydrogen) atoms. The highest BCUT2D eigenvalue weighted by Crippen LogP contribution is 2.33. The summed E-state index contributed by atoms with van der Waals surface area (Å²) in [5.74, 6) is -0.205. The first-order chi connectivity index (χ1) is 8.08. The van der Waals surface area contributed by atoms with Crippen molar-refractivity contribution < 1.29 is 14.7 Å². The Morgan fingerprint density at radius 1 is 1.47 bits per heavy atom. The first-order valence-corrected chi connectivity index (χ1v) is 6.02. The Morgan fingerprint density at radius 3 is 2.71 bits per heavy atom. The molecule has 0 radical (unpaired) electrons. The molecule has 0 atom stereocenters. The maximum absolute atomic E-state index is 11.2. The number of carbonyl (C=O) groups is 2. The molecule has 1 aliphatic carbocycles. The average molecular weight is 235 g/mol. The number of hydrogen-bond acceptors (Lipinski definition) is 2. The number of aromatic nitrogens is 1. The summed E-state index contributed by atoms with van der Waals surface area (Å²) in [6.45, 7) is 2.14. The molecular formula is C13H17NO3. The molecule has 0 aromatic carbocycles. The van der Waals surface area contributed by atoms with E-state index in [0.29, 0.717) is 12.1 Å². The molecule has 4 nitrogen and oxygen atoms in total. The van der Waals surface area contributed by atoms with Crippen LogP contribution in [-0.2, 0) is 6.54 Å². The van der Waals surface area contributed by atoms with Gasteiger partial charge in [0.15, 0.2) is 5.78 Å². The molecule has 1 aromatic rings. The molecule has 1 saturated carbocycles. The standard InChI is InChI=1S/C13H17NO3/c1-9(15)11-7-12(13(16)17)14(8-11)6-2-3-10-4-5-10/h7-8,10H,2-6H2,1H3,(H,16,17). The van der Waals surface area contributed by atoms with E-state index in [4.69, 9.17) is 5.11 Å². The Bertz CT molecular complexity index is 444. The zero-order valence-electron chi connectivity index (χ0n) is 9.98.